The average Bonchev–Trinajstić information content (AvgIpc) is 2.81. The zero-order valence-electron chi connectivity index (χ0n) is 14.8. The Kier molecular flexibility index (Phi) is 6.04. The molecule has 1 aromatic rings. The summed E-state index contributed by atoms with van der Waals surface area (Å²) in [6.45, 7) is 1.14. The van der Waals surface area contributed by atoms with E-state index in [9.17, 15) is 23.6 Å². The van der Waals surface area contributed by atoms with Crippen LogP contribution >= 0.6 is 11.6 Å². The second-order valence-corrected chi connectivity index (χ2v) is 6.80. The molecule has 146 valence electrons. The van der Waals surface area contributed by atoms with Crippen LogP contribution in [0.15, 0.2) is 18.2 Å². The third-order valence-electron chi connectivity index (χ3n) is 4.38. The summed E-state index contributed by atoms with van der Waals surface area (Å²) in [5.74, 6) is -2.80. The minimum atomic E-state index is -1.48. The second-order valence-electron chi connectivity index (χ2n) is 6.39. The first kappa shape index (κ1) is 20.6. The van der Waals surface area contributed by atoms with Gasteiger partial charge in [-0.2, -0.15) is 0 Å². The zero-order chi connectivity index (χ0) is 20.4. The van der Waals surface area contributed by atoms with Gasteiger partial charge in [-0.1, -0.05) is 17.7 Å². The average molecular weight is 400 g/mol. The molecule has 0 saturated carbocycles. The molecule has 0 aromatic heterocycles. The number of carboxylic acid groups (broad SMARTS) is 1. The van der Waals surface area contributed by atoms with E-state index in [2.05, 4.69) is 5.32 Å². The fourth-order valence-electron chi connectivity index (χ4n) is 2.69. The molecular weight excluding hydrogens is 381 g/mol. The quantitative estimate of drug-likeness (QED) is 0.677. The van der Waals surface area contributed by atoms with E-state index in [1.165, 1.54) is 31.0 Å². The topological polar surface area (TPSA) is 107 Å². The number of amides is 4. The number of hydrogen-bond donors (Lipinski definition) is 2. The molecule has 2 N–H and O–H groups in total. The molecule has 10 heteroatoms. The first-order valence-electron chi connectivity index (χ1n) is 8.11. The lowest BCUT2D eigenvalue weighted by atomic mass is 9.92. The molecule has 1 atom stereocenters. The molecule has 0 aliphatic carbocycles. The molecular formula is C17H19ClFN3O5. The molecule has 27 heavy (non-hydrogen) atoms. The van der Waals surface area contributed by atoms with Crippen LogP contribution in [0.5, 0.6) is 0 Å². The monoisotopic (exact) mass is 399 g/mol. The number of nitrogens with one attached hydrogen (secondary N) is 1. The number of halogens is 2. The van der Waals surface area contributed by atoms with E-state index in [1.54, 1.807) is 0 Å². The Bertz CT molecular complexity index is 803. The van der Waals surface area contributed by atoms with Gasteiger partial charge in [0.2, 0.25) is 5.91 Å². The summed E-state index contributed by atoms with van der Waals surface area (Å²) in [4.78, 5) is 49.8. The molecule has 1 heterocycles. The lowest BCUT2D eigenvalue weighted by Gasteiger charge is -2.23. The highest BCUT2D eigenvalue weighted by molar-refractivity contribution is 6.30. The van der Waals surface area contributed by atoms with Gasteiger partial charge < -0.3 is 15.3 Å². The molecule has 4 amide bonds. The smallest absolute Gasteiger partial charge is 0.325 e. The van der Waals surface area contributed by atoms with Gasteiger partial charge >= 0.3 is 12.0 Å². The van der Waals surface area contributed by atoms with Crippen molar-refractivity contribution >= 4 is 35.4 Å². The van der Waals surface area contributed by atoms with E-state index in [0.717, 1.165) is 11.0 Å². The van der Waals surface area contributed by atoms with E-state index in [1.807, 2.05) is 0 Å². The van der Waals surface area contributed by atoms with Crippen LogP contribution in [0.1, 0.15) is 25.3 Å². The van der Waals surface area contributed by atoms with E-state index in [-0.39, 0.29) is 30.0 Å². The fourth-order valence-corrected chi connectivity index (χ4v) is 2.87. The number of carbonyl (C=O) groups is 4. The molecule has 1 aliphatic heterocycles. The van der Waals surface area contributed by atoms with Crippen molar-refractivity contribution in [2.24, 2.45) is 0 Å². The molecule has 0 radical (unpaired) electrons. The van der Waals surface area contributed by atoms with Crippen molar-refractivity contribution in [3.8, 4) is 0 Å². The molecule has 1 fully saturated rings. The molecule has 1 aromatic carbocycles. The van der Waals surface area contributed by atoms with Crippen LogP contribution in [0.4, 0.5) is 9.18 Å². The number of imide groups is 1. The van der Waals surface area contributed by atoms with E-state index < -0.39 is 41.7 Å². The number of carbonyl (C=O) groups excluding carboxylic acids is 3. The second kappa shape index (κ2) is 7.91. The van der Waals surface area contributed by atoms with E-state index in [4.69, 9.17) is 16.7 Å². The number of rotatable bonds is 7. The Labute approximate surface area is 159 Å². The van der Waals surface area contributed by atoms with Crippen LogP contribution in [-0.4, -0.2) is 58.9 Å². The SMILES string of the molecule is CN(CCCC(=O)O)C(=O)CN1C(=O)NC(C)(c2ccc(F)c(Cl)c2)C1=O. The van der Waals surface area contributed by atoms with Crippen LogP contribution in [0, 0.1) is 5.82 Å². The molecule has 0 bridgehead atoms. The van der Waals surface area contributed by atoms with Crippen molar-refractivity contribution in [1.82, 2.24) is 15.1 Å². The van der Waals surface area contributed by atoms with Gasteiger partial charge in [0.25, 0.3) is 5.91 Å². The summed E-state index contributed by atoms with van der Waals surface area (Å²) in [5.41, 5.74) is -1.19. The largest absolute Gasteiger partial charge is 0.481 e. The Morgan fingerprint density at radius 2 is 2.04 bits per heavy atom. The molecule has 1 saturated heterocycles. The summed E-state index contributed by atoms with van der Waals surface area (Å²) < 4.78 is 13.4. The number of benzene rings is 1. The highest BCUT2D eigenvalue weighted by atomic mass is 35.5. The fraction of sp³-hybridized carbons (Fsp3) is 0.412. The number of hydrogen-bond acceptors (Lipinski definition) is 4. The van der Waals surface area contributed by atoms with Gasteiger partial charge in [0.15, 0.2) is 0 Å². The van der Waals surface area contributed by atoms with Gasteiger partial charge in [-0.05, 0) is 31.0 Å². The van der Waals surface area contributed by atoms with E-state index in [0.29, 0.717) is 0 Å². The lowest BCUT2D eigenvalue weighted by molar-refractivity contribution is -0.139. The van der Waals surface area contributed by atoms with Gasteiger partial charge in [0.05, 0.1) is 5.02 Å². The molecule has 1 unspecified atom stereocenters. The van der Waals surface area contributed by atoms with Crippen molar-refractivity contribution in [3.05, 3.63) is 34.6 Å². The van der Waals surface area contributed by atoms with Crippen LogP contribution in [-0.2, 0) is 19.9 Å². The zero-order valence-corrected chi connectivity index (χ0v) is 15.5. The Morgan fingerprint density at radius 1 is 1.37 bits per heavy atom. The maximum Gasteiger partial charge on any atom is 0.325 e. The van der Waals surface area contributed by atoms with Gasteiger partial charge in [-0.3, -0.25) is 19.3 Å². The lowest BCUT2D eigenvalue weighted by Crippen LogP contribution is -2.43. The molecule has 2 rings (SSSR count). The van der Waals surface area contributed by atoms with Crippen LogP contribution in [0.3, 0.4) is 0 Å². The number of aliphatic carboxylic acids is 1. The standard InChI is InChI=1S/C17H19ClFN3O5/c1-17(10-5-6-12(19)11(18)8-10)15(26)22(16(27)20-17)9-13(23)21(2)7-3-4-14(24)25/h5-6,8H,3-4,7,9H2,1-2H3,(H,20,27)(H,24,25). The third kappa shape index (κ3) is 4.36. The first-order chi connectivity index (χ1) is 12.6. The van der Waals surface area contributed by atoms with Gasteiger partial charge in [-0.15, -0.1) is 0 Å². The van der Waals surface area contributed by atoms with Crippen molar-refractivity contribution in [1.29, 1.82) is 0 Å². The Morgan fingerprint density at radius 3 is 2.63 bits per heavy atom. The maximum atomic E-state index is 13.4. The molecule has 8 nitrogen and oxygen atoms in total. The van der Waals surface area contributed by atoms with Crippen LogP contribution in [0.2, 0.25) is 5.02 Å². The first-order valence-corrected chi connectivity index (χ1v) is 8.49. The number of urea groups is 1. The molecule has 1 aliphatic rings. The normalized spacial score (nSPS) is 19.2. The number of nitrogens with zero attached hydrogens (tertiary/aromatic N) is 2. The van der Waals surface area contributed by atoms with Crippen molar-refractivity contribution in [3.63, 3.8) is 0 Å². The maximum absolute atomic E-state index is 13.4. The predicted molar refractivity (Wildman–Crippen MR) is 93.5 cm³/mol. The van der Waals surface area contributed by atoms with Gasteiger partial charge in [0, 0.05) is 20.0 Å². The Balaban J connectivity index is 2.10. The minimum Gasteiger partial charge on any atom is -0.481 e. The van der Waals surface area contributed by atoms with Crippen LogP contribution < -0.4 is 5.32 Å². The minimum absolute atomic E-state index is 0.0931. The summed E-state index contributed by atoms with van der Waals surface area (Å²) in [6, 6.07) is 2.92. The summed E-state index contributed by atoms with van der Waals surface area (Å²) in [7, 11) is 1.46. The third-order valence-corrected chi connectivity index (χ3v) is 4.66. The number of likely N-dealkylation sites (N-methyl/N-ethyl adjacent to an activating group) is 1. The summed E-state index contributed by atoms with van der Waals surface area (Å²) >= 11 is 5.76. The highest BCUT2D eigenvalue weighted by Gasteiger charge is 2.49. The van der Waals surface area contributed by atoms with Gasteiger partial charge in [-0.25, -0.2) is 9.18 Å². The Hall–Kier alpha value is -2.68. The highest BCUT2D eigenvalue weighted by Crippen LogP contribution is 2.31. The summed E-state index contributed by atoms with van der Waals surface area (Å²) in [5, 5.41) is 10.9. The molecule has 0 spiro atoms. The van der Waals surface area contributed by atoms with E-state index >= 15 is 0 Å². The van der Waals surface area contributed by atoms with Gasteiger partial charge in [0.1, 0.15) is 17.9 Å². The predicted octanol–water partition coefficient (Wildman–Crippen LogP) is 1.57. The van der Waals surface area contributed by atoms with Crippen molar-refractivity contribution in [2.45, 2.75) is 25.3 Å². The number of carboxylic acids is 1. The van der Waals surface area contributed by atoms with Crippen molar-refractivity contribution < 1.29 is 28.7 Å². The van der Waals surface area contributed by atoms with Crippen LogP contribution in [0.25, 0.3) is 0 Å². The van der Waals surface area contributed by atoms with Crippen molar-refractivity contribution in [2.75, 3.05) is 20.1 Å². The summed E-state index contributed by atoms with van der Waals surface area (Å²) in [6.07, 6.45) is 0.160.